The molecule has 0 aliphatic rings. The number of nitrogens with zero attached hydrogens (tertiary/aromatic N) is 1. The van der Waals surface area contributed by atoms with Gasteiger partial charge in [0, 0.05) is 16.5 Å². The Morgan fingerprint density at radius 1 is 0.921 bits per heavy atom. The number of fused-ring (bicyclic) bond motifs is 1. The van der Waals surface area contributed by atoms with Crippen molar-refractivity contribution >= 4 is 28.4 Å². The summed E-state index contributed by atoms with van der Waals surface area (Å²) in [7, 11) is 0. The second kappa shape index (κ2) is 11.0. The number of carboxylic acids is 1. The minimum absolute atomic E-state index is 0.0832. The molecule has 0 aliphatic heterocycles. The standard InChI is InChI=1S/C29H26N2O7/c1-4-37-29-22-14-20(10-11-21(22)26(35)24(31-29)28(36)30-15-23(32)33)38-27-16(2)12-19(13-17(27)3)25(34)18-8-6-5-7-9-18/h5-14,35H,4,15H2,1-3H3,(H,30,36)(H,32,33). The Balaban J connectivity index is 1.69. The number of ketones is 1. The Labute approximate surface area is 218 Å². The first-order chi connectivity index (χ1) is 18.2. The van der Waals surface area contributed by atoms with Gasteiger partial charge < -0.3 is 25.0 Å². The highest BCUT2D eigenvalue weighted by Crippen LogP contribution is 2.38. The fraction of sp³-hybridized carbons (Fsp3) is 0.172. The number of carbonyl (C=O) groups excluding carboxylic acids is 2. The molecule has 3 aromatic carbocycles. The minimum atomic E-state index is -1.23. The largest absolute Gasteiger partial charge is 0.505 e. The van der Waals surface area contributed by atoms with E-state index in [1.807, 2.05) is 32.0 Å². The maximum atomic E-state index is 12.9. The Hall–Kier alpha value is -4.92. The number of nitrogens with one attached hydrogen (secondary N) is 1. The molecule has 4 rings (SSSR count). The van der Waals surface area contributed by atoms with Gasteiger partial charge in [-0.1, -0.05) is 30.3 Å². The van der Waals surface area contributed by atoms with Crippen LogP contribution in [0.4, 0.5) is 0 Å². The van der Waals surface area contributed by atoms with Crippen molar-refractivity contribution in [2.75, 3.05) is 13.2 Å². The third-order valence-electron chi connectivity index (χ3n) is 5.79. The van der Waals surface area contributed by atoms with Crippen molar-refractivity contribution in [3.63, 3.8) is 0 Å². The second-order valence-corrected chi connectivity index (χ2v) is 8.57. The number of aliphatic carboxylic acids is 1. The Kier molecular flexibility index (Phi) is 7.57. The van der Waals surface area contributed by atoms with Gasteiger partial charge in [-0.2, -0.15) is 0 Å². The SMILES string of the molecule is CCOc1nc(C(=O)NCC(=O)O)c(O)c2ccc(Oc3c(C)cc(C(=O)c4ccccc4)cc3C)cc12. The number of carboxylic acid groups (broad SMARTS) is 1. The van der Waals surface area contributed by atoms with Crippen LogP contribution >= 0.6 is 0 Å². The van der Waals surface area contributed by atoms with Crippen molar-refractivity contribution in [1.29, 1.82) is 0 Å². The van der Waals surface area contributed by atoms with E-state index in [2.05, 4.69) is 10.3 Å². The molecule has 194 valence electrons. The van der Waals surface area contributed by atoms with Crippen LogP contribution in [-0.2, 0) is 4.79 Å². The van der Waals surface area contributed by atoms with Gasteiger partial charge in [0.2, 0.25) is 5.88 Å². The summed E-state index contributed by atoms with van der Waals surface area (Å²) in [6.45, 7) is 5.07. The highest BCUT2D eigenvalue weighted by molar-refractivity contribution is 6.09. The van der Waals surface area contributed by atoms with Crippen molar-refractivity contribution in [3.8, 4) is 23.1 Å². The van der Waals surface area contributed by atoms with E-state index in [1.54, 1.807) is 49.4 Å². The van der Waals surface area contributed by atoms with Gasteiger partial charge in [0.05, 0.1) is 12.0 Å². The van der Waals surface area contributed by atoms with Gasteiger partial charge in [0.25, 0.3) is 5.91 Å². The van der Waals surface area contributed by atoms with Crippen LogP contribution in [0.3, 0.4) is 0 Å². The molecule has 3 N–H and O–H groups in total. The fourth-order valence-corrected chi connectivity index (χ4v) is 4.07. The molecule has 0 bridgehead atoms. The van der Waals surface area contributed by atoms with E-state index in [4.69, 9.17) is 14.6 Å². The second-order valence-electron chi connectivity index (χ2n) is 8.57. The first-order valence-electron chi connectivity index (χ1n) is 11.9. The summed E-state index contributed by atoms with van der Waals surface area (Å²) in [6.07, 6.45) is 0. The van der Waals surface area contributed by atoms with Gasteiger partial charge in [0.15, 0.2) is 17.2 Å². The van der Waals surface area contributed by atoms with Crippen LogP contribution in [0.25, 0.3) is 10.8 Å². The lowest BCUT2D eigenvalue weighted by Gasteiger charge is -2.16. The predicted molar refractivity (Wildman–Crippen MR) is 140 cm³/mol. The Morgan fingerprint density at radius 3 is 2.24 bits per heavy atom. The van der Waals surface area contributed by atoms with E-state index in [-0.39, 0.29) is 29.4 Å². The number of hydrogen-bond donors (Lipinski definition) is 3. The normalized spacial score (nSPS) is 10.7. The molecule has 1 aromatic heterocycles. The lowest BCUT2D eigenvalue weighted by Crippen LogP contribution is -2.30. The number of aromatic hydroxyl groups is 1. The number of aromatic nitrogens is 1. The molecule has 38 heavy (non-hydrogen) atoms. The molecule has 0 unspecified atom stereocenters. The van der Waals surface area contributed by atoms with E-state index < -0.39 is 24.2 Å². The van der Waals surface area contributed by atoms with E-state index in [9.17, 15) is 19.5 Å². The van der Waals surface area contributed by atoms with Crippen molar-refractivity contribution in [2.24, 2.45) is 0 Å². The summed E-state index contributed by atoms with van der Waals surface area (Å²) in [5, 5.41) is 22.4. The molecule has 0 aliphatic carbocycles. The van der Waals surface area contributed by atoms with Crippen LogP contribution in [0.2, 0.25) is 0 Å². The number of ether oxygens (including phenoxy) is 2. The molecule has 1 amide bonds. The fourth-order valence-electron chi connectivity index (χ4n) is 4.07. The average Bonchev–Trinajstić information content (AvgIpc) is 2.90. The molecular formula is C29H26N2O7. The maximum Gasteiger partial charge on any atom is 0.322 e. The van der Waals surface area contributed by atoms with Crippen LogP contribution in [-0.4, -0.2) is 46.0 Å². The zero-order valence-electron chi connectivity index (χ0n) is 21.1. The molecule has 0 saturated carbocycles. The molecule has 0 radical (unpaired) electrons. The van der Waals surface area contributed by atoms with Crippen molar-refractivity contribution in [1.82, 2.24) is 10.3 Å². The molecule has 0 fully saturated rings. The number of rotatable bonds is 9. The molecular weight excluding hydrogens is 488 g/mol. The molecule has 0 saturated heterocycles. The lowest BCUT2D eigenvalue weighted by atomic mass is 9.98. The minimum Gasteiger partial charge on any atom is -0.505 e. The van der Waals surface area contributed by atoms with Crippen molar-refractivity contribution in [2.45, 2.75) is 20.8 Å². The number of benzene rings is 3. The first kappa shape index (κ1) is 26.2. The predicted octanol–water partition coefficient (Wildman–Crippen LogP) is 4.79. The maximum absolute atomic E-state index is 12.9. The van der Waals surface area contributed by atoms with Crippen LogP contribution in [0.15, 0.2) is 60.7 Å². The molecule has 9 heteroatoms. The van der Waals surface area contributed by atoms with Gasteiger partial charge in [-0.15, -0.1) is 0 Å². The Morgan fingerprint density at radius 2 is 1.61 bits per heavy atom. The molecule has 9 nitrogen and oxygen atoms in total. The van der Waals surface area contributed by atoms with Crippen LogP contribution in [0.5, 0.6) is 23.1 Å². The summed E-state index contributed by atoms with van der Waals surface area (Å²) in [5.41, 5.74) is 2.34. The highest BCUT2D eigenvalue weighted by atomic mass is 16.5. The van der Waals surface area contributed by atoms with Gasteiger partial charge in [0.1, 0.15) is 18.0 Å². The zero-order valence-corrected chi connectivity index (χ0v) is 21.1. The summed E-state index contributed by atoms with van der Waals surface area (Å²) < 4.78 is 11.8. The summed E-state index contributed by atoms with van der Waals surface area (Å²) >= 11 is 0. The van der Waals surface area contributed by atoms with E-state index >= 15 is 0 Å². The number of carbonyl (C=O) groups is 3. The summed E-state index contributed by atoms with van der Waals surface area (Å²) in [5.74, 6) is -1.47. The monoisotopic (exact) mass is 514 g/mol. The van der Waals surface area contributed by atoms with E-state index in [0.717, 1.165) is 11.1 Å². The number of amides is 1. The molecule has 0 spiro atoms. The number of hydrogen-bond acceptors (Lipinski definition) is 7. The van der Waals surface area contributed by atoms with Crippen molar-refractivity contribution in [3.05, 3.63) is 88.6 Å². The van der Waals surface area contributed by atoms with Crippen molar-refractivity contribution < 1.29 is 34.1 Å². The zero-order chi connectivity index (χ0) is 27.4. The lowest BCUT2D eigenvalue weighted by molar-refractivity contribution is -0.135. The van der Waals surface area contributed by atoms with Gasteiger partial charge in [-0.05, 0) is 62.2 Å². The number of aryl methyl sites for hydroxylation is 2. The van der Waals surface area contributed by atoms with Crippen LogP contribution in [0, 0.1) is 13.8 Å². The van der Waals surface area contributed by atoms with E-state index in [1.165, 1.54) is 0 Å². The van der Waals surface area contributed by atoms with E-state index in [0.29, 0.717) is 28.0 Å². The quantitative estimate of drug-likeness (QED) is 0.271. The smallest absolute Gasteiger partial charge is 0.322 e. The molecule has 0 atom stereocenters. The van der Waals surface area contributed by atoms with Gasteiger partial charge in [-0.25, -0.2) is 4.98 Å². The van der Waals surface area contributed by atoms with Gasteiger partial charge in [-0.3, -0.25) is 14.4 Å². The topological polar surface area (TPSA) is 135 Å². The molecule has 1 heterocycles. The average molecular weight is 515 g/mol. The highest BCUT2D eigenvalue weighted by Gasteiger charge is 2.21. The molecule has 4 aromatic rings. The third kappa shape index (κ3) is 5.41. The Bertz CT molecular complexity index is 1530. The first-order valence-corrected chi connectivity index (χ1v) is 11.9. The third-order valence-corrected chi connectivity index (χ3v) is 5.79. The summed E-state index contributed by atoms with van der Waals surface area (Å²) in [4.78, 5) is 40.3. The van der Waals surface area contributed by atoms with Gasteiger partial charge >= 0.3 is 5.97 Å². The van der Waals surface area contributed by atoms with Crippen LogP contribution < -0.4 is 14.8 Å². The number of pyridine rings is 1. The van der Waals surface area contributed by atoms with Crippen LogP contribution in [0.1, 0.15) is 44.5 Å². The summed E-state index contributed by atoms with van der Waals surface area (Å²) in [6, 6.07) is 17.4.